The zero-order valence-corrected chi connectivity index (χ0v) is 22.1. The van der Waals surface area contributed by atoms with Crippen molar-refractivity contribution in [3.05, 3.63) is 101 Å². The third-order valence-electron chi connectivity index (χ3n) is 6.64. The number of nitrogens with one attached hydrogen (secondary N) is 1. The molecule has 0 aromatic heterocycles. The zero-order chi connectivity index (χ0) is 29.6. The molecule has 0 spiro atoms. The van der Waals surface area contributed by atoms with Crippen LogP contribution < -0.4 is 5.32 Å². The number of carbonyl (C=O) groups excluding carboxylic acids is 2. The fraction of sp³-hybridized carbons (Fsp3) is 0.267. The lowest BCUT2D eigenvalue weighted by Gasteiger charge is -2.26. The van der Waals surface area contributed by atoms with Crippen LogP contribution in [0.15, 0.2) is 84.0 Å². The predicted octanol–water partition coefficient (Wildman–Crippen LogP) is 5.35. The molecule has 11 heteroatoms. The summed E-state index contributed by atoms with van der Waals surface area (Å²) in [5.74, 6) is -5.48. The lowest BCUT2D eigenvalue weighted by molar-refractivity contribution is -0.178. The van der Waals surface area contributed by atoms with Gasteiger partial charge in [0.25, 0.3) is 5.91 Å². The molecule has 1 aliphatic heterocycles. The largest absolute Gasteiger partial charge is 0.481 e. The minimum atomic E-state index is -4.65. The molecule has 0 saturated carbocycles. The van der Waals surface area contributed by atoms with Crippen molar-refractivity contribution in [2.75, 3.05) is 11.9 Å². The quantitative estimate of drug-likeness (QED) is 0.344. The fourth-order valence-electron chi connectivity index (χ4n) is 4.38. The molecule has 0 bridgehead atoms. The van der Waals surface area contributed by atoms with E-state index in [4.69, 9.17) is 9.84 Å². The second kappa shape index (κ2) is 12.7. The van der Waals surface area contributed by atoms with Gasteiger partial charge in [0.1, 0.15) is 0 Å². The highest BCUT2D eigenvalue weighted by molar-refractivity contribution is 5.98. The van der Waals surface area contributed by atoms with E-state index in [-0.39, 0.29) is 49.0 Å². The molecule has 0 saturated heterocycles. The van der Waals surface area contributed by atoms with E-state index in [1.165, 1.54) is 23.2 Å². The molecule has 2 atom stereocenters. The second-order valence-electron chi connectivity index (χ2n) is 9.64. The average molecular weight is 568 g/mol. The molecular formula is C30H28F3N3O5. The highest BCUT2D eigenvalue weighted by atomic mass is 19.4. The molecule has 0 fully saturated rings. The number of carbonyl (C=O) groups is 3. The Morgan fingerprint density at radius 2 is 1.73 bits per heavy atom. The highest BCUT2D eigenvalue weighted by Gasteiger charge is 2.45. The number of aryl methyl sites for hydroxylation is 1. The van der Waals surface area contributed by atoms with Crippen LogP contribution in [0.4, 0.5) is 18.9 Å². The van der Waals surface area contributed by atoms with Crippen LogP contribution in [0.5, 0.6) is 0 Å². The first kappa shape index (κ1) is 29.3. The van der Waals surface area contributed by atoms with Crippen molar-refractivity contribution < 1.29 is 37.4 Å². The predicted molar refractivity (Wildman–Crippen MR) is 145 cm³/mol. The molecule has 1 heterocycles. The maximum Gasteiger partial charge on any atom is 0.392 e. The number of ether oxygens (including phenoxy) is 1. The number of hydrogen-bond donors (Lipinski definition) is 2. The molecule has 8 nitrogen and oxygen atoms in total. The second-order valence-corrected chi connectivity index (χ2v) is 9.64. The monoisotopic (exact) mass is 567 g/mol. The summed E-state index contributed by atoms with van der Waals surface area (Å²) in [5.41, 5.74) is 2.35. The van der Waals surface area contributed by atoms with Gasteiger partial charge in [0.15, 0.2) is 6.61 Å². The number of alkyl halides is 3. The molecule has 2 amide bonds. The Labute approximate surface area is 234 Å². The number of hydrazone groups is 1. The van der Waals surface area contributed by atoms with Crippen LogP contribution in [0, 0.1) is 5.92 Å². The van der Waals surface area contributed by atoms with Crippen LogP contribution in [0.3, 0.4) is 0 Å². The van der Waals surface area contributed by atoms with Crippen molar-refractivity contribution >= 4 is 29.4 Å². The molecule has 0 aliphatic carbocycles. The van der Waals surface area contributed by atoms with Crippen molar-refractivity contribution in [3.63, 3.8) is 0 Å². The van der Waals surface area contributed by atoms with E-state index in [0.29, 0.717) is 16.7 Å². The van der Waals surface area contributed by atoms with E-state index in [9.17, 15) is 27.6 Å². The van der Waals surface area contributed by atoms with Crippen LogP contribution in [0.1, 0.15) is 41.5 Å². The molecule has 41 heavy (non-hydrogen) atoms. The van der Waals surface area contributed by atoms with Crippen molar-refractivity contribution in [1.82, 2.24) is 5.01 Å². The molecule has 3 aromatic rings. The Morgan fingerprint density at radius 3 is 2.39 bits per heavy atom. The highest BCUT2D eigenvalue weighted by Crippen LogP contribution is 2.38. The van der Waals surface area contributed by atoms with Gasteiger partial charge in [-0.2, -0.15) is 13.2 Å². The first-order chi connectivity index (χ1) is 19.5. The number of carboxylic acid groups (broad SMARTS) is 1. The lowest BCUT2D eigenvalue weighted by atomic mass is 9.85. The van der Waals surface area contributed by atoms with E-state index < -0.39 is 29.9 Å². The van der Waals surface area contributed by atoms with Crippen molar-refractivity contribution in [2.24, 2.45) is 11.0 Å². The molecule has 3 aromatic carbocycles. The van der Waals surface area contributed by atoms with Gasteiger partial charge in [-0.3, -0.25) is 14.4 Å². The van der Waals surface area contributed by atoms with Crippen molar-refractivity contribution in [3.8, 4) is 0 Å². The van der Waals surface area contributed by atoms with E-state index in [2.05, 4.69) is 10.4 Å². The van der Waals surface area contributed by atoms with Gasteiger partial charge in [-0.25, -0.2) is 5.01 Å². The van der Waals surface area contributed by atoms with Crippen LogP contribution >= 0.6 is 0 Å². The molecule has 2 N–H and O–H groups in total. The summed E-state index contributed by atoms with van der Waals surface area (Å²) >= 11 is 0. The molecule has 2 unspecified atom stereocenters. The summed E-state index contributed by atoms with van der Waals surface area (Å²) in [7, 11) is 0. The normalized spacial score (nSPS) is 15.0. The molecule has 4 rings (SSSR count). The fourth-order valence-corrected chi connectivity index (χ4v) is 4.38. The van der Waals surface area contributed by atoms with E-state index >= 15 is 0 Å². The van der Waals surface area contributed by atoms with E-state index in [1.54, 1.807) is 42.5 Å². The topological polar surface area (TPSA) is 108 Å². The first-order valence-corrected chi connectivity index (χ1v) is 12.9. The van der Waals surface area contributed by atoms with Gasteiger partial charge >= 0.3 is 12.1 Å². The Balaban J connectivity index is 1.53. The summed E-state index contributed by atoms with van der Waals surface area (Å²) in [6, 6.07) is 21.4. The number of halogens is 3. The molecule has 0 radical (unpaired) electrons. The number of carboxylic acids is 1. The van der Waals surface area contributed by atoms with Gasteiger partial charge in [0.05, 0.1) is 18.4 Å². The summed E-state index contributed by atoms with van der Waals surface area (Å²) in [6.45, 7) is 0.815. The molecular weight excluding hydrogens is 539 g/mol. The molecule has 214 valence electrons. The van der Waals surface area contributed by atoms with E-state index in [1.807, 2.05) is 18.2 Å². The van der Waals surface area contributed by atoms with Crippen LogP contribution in [0.25, 0.3) is 0 Å². The number of benzene rings is 3. The van der Waals surface area contributed by atoms with Gasteiger partial charge in [-0.15, -0.1) is 5.10 Å². The van der Waals surface area contributed by atoms with E-state index in [0.717, 1.165) is 6.92 Å². The van der Waals surface area contributed by atoms with Crippen molar-refractivity contribution in [2.45, 2.75) is 38.4 Å². The summed E-state index contributed by atoms with van der Waals surface area (Å²) in [4.78, 5) is 36.5. The first-order valence-electron chi connectivity index (χ1n) is 12.9. The Morgan fingerprint density at radius 1 is 1.02 bits per heavy atom. The van der Waals surface area contributed by atoms with Crippen molar-refractivity contribution in [1.29, 1.82) is 0 Å². The third kappa shape index (κ3) is 7.71. The maximum atomic E-state index is 13.8. The number of aliphatic carboxylic acids is 1. The third-order valence-corrected chi connectivity index (χ3v) is 6.64. The number of nitrogens with zero attached hydrogens (tertiary/aromatic N) is 2. The summed E-state index contributed by atoms with van der Waals surface area (Å²) < 4.78 is 46.9. The number of amides is 2. The molecule has 1 aliphatic rings. The lowest BCUT2D eigenvalue weighted by Crippen LogP contribution is -2.36. The van der Waals surface area contributed by atoms with Gasteiger partial charge in [-0.1, -0.05) is 61.5 Å². The standard InChI is InChI=1S/C30H28F3N3O5/c1-19(30(31,32)33)27(28(40)34-24-9-5-6-20(16-24)12-15-26(38)39)22-13-10-21(11-14-22)17-36-25(37)18-41-29(35-36)23-7-3-2-4-8-23/h2-11,13-14,16,19,27H,12,15,17-18H2,1H3,(H,34,40)(H,38,39). The summed E-state index contributed by atoms with van der Waals surface area (Å²) in [6.07, 6.45) is -4.55. The van der Waals surface area contributed by atoms with Gasteiger partial charge < -0.3 is 15.2 Å². The maximum absolute atomic E-state index is 13.8. The Hall–Kier alpha value is -4.67. The van der Waals surface area contributed by atoms with Crippen LogP contribution in [-0.4, -0.2) is 46.6 Å². The van der Waals surface area contributed by atoms with Gasteiger partial charge in [0.2, 0.25) is 11.8 Å². The summed E-state index contributed by atoms with van der Waals surface area (Å²) in [5, 5.41) is 17.0. The average Bonchev–Trinajstić information content (AvgIpc) is 2.94. The van der Waals surface area contributed by atoms with Crippen LogP contribution in [0.2, 0.25) is 0 Å². The van der Waals surface area contributed by atoms with Gasteiger partial charge in [0, 0.05) is 17.7 Å². The SMILES string of the molecule is CC(C(C(=O)Nc1cccc(CCC(=O)O)c1)c1ccc(CN2N=C(c3ccccc3)OCC2=O)cc1)C(F)(F)F. The smallest absolute Gasteiger partial charge is 0.392 e. The number of anilines is 1. The Kier molecular flexibility index (Phi) is 9.06. The number of rotatable bonds is 10. The van der Waals surface area contributed by atoms with Gasteiger partial charge in [-0.05, 0) is 47.4 Å². The zero-order valence-electron chi connectivity index (χ0n) is 22.1. The minimum absolute atomic E-state index is 0.0631. The number of hydrogen-bond acceptors (Lipinski definition) is 5. The van der Waals surface area contributed by atoms with Crippen LogP contribution in [-0.2, 0) is 32.1 Å². The minimum Gasteiger partial charge on any atom is -0.481 e. The Bertz CT molecular complexity index is 1430.